The summed E-state index contributed by atoms with van der Waals surface area (Å²) < 4.78 is 10.8. The highest BCUT2D eigenvalue weighted by atomic mass is 16.5. The van der Waals surface area contributed by atoms with Gasteiger partial charge < -0.3 is 14.6 Å². The van der Waals surface area contributed by atoms with E-state index in [0.29, 0.717) is 5.56 Å². The standard InChI is InChI=1S/C22H31NO6/c1-13(2)11-28-20(25)18-16(24)9-22(5,27)19(21(26)29-12-14(3)4)17(18)15-7-6-8-23-10-15/h6-8,10,13-14,17-19,27H,9,11-12H2,1-5H3/t17-,18+,19-,22-/m0/s1. The van der Waals surface area contributed by atoms with Crippen molar-refractivity contribution in [3.63, 3.8) is 0 Å². The maximum absolute atomic E-state index is 13.0. The van der Waals surface area contributed by atoms with Gasteiger partial charge in [-0.05, 0) is 30.4 Å². The van der Waals surface area contributed by atoms with E-state index in [1.165, 1.54) is 13.1 Å². The highest BCUT2D eigenvalue weighted by Crippen LogP contribution is 2.46. The van der Waals surface area contributed by atoms with Crippen molar-refractivity contribution >= 4 is 17.7 Å². The molecule has 0 unspecified atom stereocenters. The third-order valence-electron chi connectivity index (χ3n) is 4.96. The summed E-state index contributed by atoms with van der Waals surface area (Å²) in [5.74, 6) is -4.78. The highest BCUT2D eigenvalue weighted by Gasteiger charge is 2.57. The van der Waals surface area contributed by atoms with Gasteiger partial charge in [-0.15, -0.1) is 0 Å². The van der Waals surface area contributed by atoms with Crippen molar-refractivity contribution in [3.8, 4) is 0 Å². The van der Waals surface area contributed by atoms with Crippen LogP contribution in [0.4, 0.5) is 0 Å². The molecule has 0 aliphatic heterocycles. The molecule has 0 saturated heterocycles. The van der Waals surface area contributed by atoms with Gasteiger partial charge in [0, 0.05) is 24.7 Å². The zero-order valence-electron chi connectivity index (χ0n) is 17.8. The van der Waals surface area contributed by atoms with E-state index in [4.69, 9.17) is 9.47 Å². The fourth-order valence-corrected chi connectivity index (χ4v) is 3.67. The summed E-state index contributed by atoms with van der Waals surface area (Å²) in [6.45, 7) is 9.38. The normalized spacial score (nSPS) is 27.2. The molecule has 7 heteroatoms. The predicted molar refractivity (Wildman–Crippen MR) is 106 cm³/mol. The Labute approximate surface area is 171 Å². The quantitative estimate of drug-likeness (QED) is 0.549. The van der Waals surface area contributed by atoms with Crippen molar-refractivity contribution < 1.29 is 29.0 Å². The lowest BCUT2D eigenvalue weighted by Gasteiger charge is -2.43. The Kier molecular flexibility index (Phi) is 7.52. The Hall–Kier alpha value is -2.28. The number of ether oxygens (including phenoxy) is 2. The number of carbonyl (C=O) groups excluding carboxylic acids is 3. The third-order valence-corrected chi connectivity index (χ3v) is 4.96. The summed E-state index contributed by atoms with van der Waals surface area (Å²) in [5.41, 5.74) is -1.14. The van der Waals surface area contributed by atoms with Gasteiger partial charge in [0.15, 0.2) is 5.78 Å². The van der Waals surface area contributed by atoms with Gasteiger partial charge in [0.25, 0.3) is 0 Å². The molecule has 0 amide bonds. The number of esters is 2. The van der Waals surface area contributed by atoms with Crippen molar-refractivity contribution in [3.05, 3.63) is 30.1 Å². The molecule has 1 heterocycles. The van der Waals surface area contributed by atoms with Crippen molar-refractivity contribution in [1.29, 1.82) is 0 Å². The fourth-order valence-electron chi connectivity index (χ4n) is 3.67. The molecular weight excluding hydrogens is 374 g/mol. The Morgan fingerprint density at radius 3 is 2.28 bits per heavy atom. The van der Waals surface area contributed by atoms with E-state index >= 15 is 0 Å². The second-order valence-electron chi connectivity index (χ2n) is 8.82. The molecule has 1 aliphatic rings. The van der Waals surface area contributed by atoms with Gasteiger partial charge in [0.05, 0.1) is 24.7 Å². The minimum absolute atomic E-state index is 0.101. The van der Waals surface area contributed by atoms with Crippen LogP contribution in [-0.4, -0.2) is 46.6 Å². The van der Waals surface area contributed by atoms with Crippen LogP contribution in [-0.2, 0) is 23.9 Å². The number of Topliss-reactive ketones (excluding diaryl/α,β-unsaturated/α-hetero) is 1. The molecular formula is C22H31NO6. The number of pyridine rings is 1. The van der Waals surface area contributed by atoms with Crippen LogP contribution in [0.5, 0.6) is 0 Å². The second-order valence-corrected chi connectivity index (χ2v) is 8.82. The average Bonchev–Trinajstić information content (AvgIpc) is 2.63. The van der Waals surface area contributed by atoms with E-state index < -0.39 is 41.1 Å². The minimum Gasteiger partial charge on any atom is -0.465 e. The number of aromatic nitrogens is 1. The highest BCUT2D eigenvalue weighted by molar-refractivity contribution is 6.02. The number of carbonyl (C=O) groups is 3. The lowest BCUT2D eigenvalue weighted by atomic mass is 9.62. The first-order valence-electron chi connectivity index (χ1n) is 10.0. The Morgan fingerprint density at radius 1 is 1.17 bits per heavy atom. The van der Waals surface area contributed by atoms with E-state index in [0.717, 1.165) is 0 Å². The average molecular weight is 405 g/mol. The number of aliphatic hydroxyl groups is 1. The molecule has 0 radical (unpaired) electrons. The summed E-state index contributed by atoms with van der Waals surface area (Å²) in [6, 6.07) is 3.36. The van der Waals surface area contributed by atoms with Crippen molar-refractivity contribution in [2.45, 2.75) is 52.6 Å². The number of ketones is 1. The fraction of sp³-hybridized carbons (Fsp3) is 0.636. The molecule has 0 bridgehead atoms. The third kappa shape index (κ3) is 5.63. The SMILES string of the molecule is CC(C)COC(=O)[C@@H]1C(=O)C[C@](C)(O)[C@H](C(=O)OCC(C)C)[C@H]1c1cccnc1. The lowest BCUT2D eigenvalue weighted by Crippen LogP contribution is -2.55. The summed E-state index contributed by atoms with van der Waals surface area (Å²) in [7, 11) is 0. The molecule has 1 saturated carbocycles. The summed E-state index contributed by atoms with van der Waals surface area (Å²) >= 11 is 0. The molecule has 1 fully saturated rings. The monoisotopic (exact) mass is 405 g/mol. The van der Waals surface area contributed by atoms with E-state index in [1.54, 1.807) is 18.3 Å². The molecule has 0 aromatic carbocycles. The summed E-state index contributed by atoms with van der Waals surface area (Å²) in [5, 5.41) is 11.0. The Balaban J connectivity index is 2.47. The van der Waals surface area contributed by atoms with Gasteiger partial charge >= 0.3 is 11.9 Å². The number of nitrogens with zero attached hydrogens (tertiary/aromatic N) is 1. The molecule has 2 rings (SSSR count). The molecule has 4 atom stereocenters. The van der Waals surface area contributed by atoms with E-state index in [2.05, 4.69) is 4.98 Å². The van der Waals surface area contributed by atoms with Crippen LogP contribution in [0.25, 0.3) is 0 Å². The first-order chi connectivity index (χ1) is 13.5. The molecule has 1 N–H and O–H groups in total. The van der Waals surface area contributed by atoms with Gasteiger partial charge in [0.1, 0.15) is 5.92 Å². The van der Waals surface area contributed by atoms with E-state index in [-0.39, 0.29) is 31.5 Å². The van der Waals surface area contributed by atoms with Crippen LogP contribution in [0.2, 0.25) is 0 Å². The zero-order chi connectivity index (χ0) is 21.8. The van der Waals surface area contributed by atoms with Crippen LogP contribution in [0.15, 0.2) is 24.5 Å². The largest absolute Gasteiger partial charge is 0.465 e. The molecule has 1 aliphatic carbocycles. The number of rotatable bonds is 7. The molecule has 29 heavy (non-hydrogen) atoms. The lowest BCUT2D eigenvalue weighted by molar-refractivity contribution is -0.173. The predicted octanol–water partition coefficient (Wildman–Crippen LogP) is 2.52. The van der Waals surface area contributed by atoms with Gasteiger partial charge in [-0.2, -0.15) is 0 Å². The van der Waals surface area contributed by atoms with Gasteiger partial charge in [-0.1, -0.05) is 33.8 Å². The van der Waals surface area contributed by atoms with Crippen LogP contribution in [0.3, 0.4) is 0 Å². The van der Waals surface area contributed by atoms with Crippen LogP contribution in [0, 0.1) is 23.7 Å². The Morgan fingerprint density at radius 2 is 1.76 bits per heavy atom. The van der Waals surface area contributed by atoms with Gasteiger partial charge in [-0.3, -0.25) is 19.4 Å². The minimum atomic E-state index is -1.65. The topological polar surface area (TPSA) is 103 Å². The van der Waals surface area contributed by atoms with Gasteiger partial charge in [-0.25, -0.2) is 0 Å². The molecule has 1 aromatic heterocycles. The Bertz CT molecular complexity index is 728. The van der Waals surface area contributed by atoms with E-state index in [1.807, 2.05) is 27.7 Å². The zero-order valence-corrected chi connectivity index (χ0v) is 17.8. The summed E-state index contributed by atoms with van der Waals surface area (Å²) in [4.78, 5) is 42.8. The van der Waals surface area contributed by atoms with Crippen LogP contribution in [0.1, 0.15) is 52.5 Å². The van der Waals surface area contributed by atoms with Crippen molar-refractivity contribution in [2.75, 3.05) is 13.2 Å². The molecule has 0 spiro atoms. The smallest absolute Gasteiger partial charge is 0.317 e. The van der Waals surface area contributed by atoms with Crippen LogP contribution >= 0.6 is 0 Å². The van der Waals surface area contributed by atoms with Crippen molar-refractivity contribution in [2.24, 2.45) is 23.7 Å². The molecule has 1 aromatic rings. The molecule has 7 nitrogen and oxygen atoms in total. The number of hydrogen-bond donors (Lipinski definition) is 1. The second kappa shape index (κ2) is 9.48. The van der Waals surface area contributed by atoms with Gasteiger partial charge in [0.2, 0.25) is 0 Å². The van der Waals surface area contributed by atoms with Crippen molar-refractivity contribution in [1.82, 2.24) is 4.98 Å². The molecule has 160 valence electrons. The first kappa shape index (κ1) is 23.0. The first-order valence-corrected chi connectivity index (χ1v) is 10.0. The van der Waals surface area contributed by atoms with Crippen LogP contribution < -0.4 is 0 Å². The maximum Gasteiger partial charge on any atom is 0.317 e. The maximum atomic E-state index is 13.0. The number of hydrogen-bond acceptors (Lipinski definition) is 7. The van der Waals surface area contributed by atoms with E-state index in [9.17, 15) is 19.5 Å². The summed E-state index contributed by atoms with van der Waals surface area (Å²) in [6.07, 6.45) is 2.74.